The van der Waals surface area contributed by atoms with Gasteiger partial charge in [0.15, 0.2) is 0 Å². The summed E-state index contributed by atoms with van der Waals surface area (Å²) in [7, 11) is 1.78. The number of aryl methyl sites for hydroxylation is 1. The fraction of sp³-hybridized carbons (Fsp3) is 0.333. The quantitative estimate of drug-likeness (QED) is 0.877. The molecule has 0 saturated carbocycles. The number of aromatic amines is 1. The third kappa shape index (κ3) is 4.12. The topological polar surface area (TPSA) is 58.2 Å². The second kappa shape index (κ2) is 6.75. The largest absolute Gasteiger partial charge is 0.493 e. The lowest BCUT2D eigenvalue weighted by atomic mass is 10.2. The SMILES string of the molecule is Cc1cccc(OCCC(=O)N(C)Cc2cn[nH]c2)c1. The van der Waals surface area contributed by atoms with E-state index in [0.29, 0.717) is 19.6 Å². The molecule has 0 aliphatic heterocycles. The maximum Gasteiger partial charge on any atom is 0.226 e. The Balaban J connectivity index is 1.74. The lowest BCUT2D eigenvalue weighted by molar-refractivity contribution is -0.130. The predicted octanol–water partition coefficient (Wildman–Crippen LogP) is 2.15. The number of hydrogen-bond acceptors (Lipinski definition) is 3. The third-order valence-corrected chi connectivity index (χ3v) is 2.97. The summed E-state index contributed by atoms with van der Waals surface area (Å²) in [5, 5.41) is 6.59. The number of carbonyl (C=O) groups excluding carboxylic acids is 1. The van der Waals surface area contributed by atoms with E-state index in [-0.39, 0.29) is 5.91 Å². The summed E-state index contributed by atoms with van der Waals surface area (Å²) in [6.07, 6.45) is 3.86. The van der Waals surface area contributed by atoms with Crippen LogP contribution in [0.15, 0.2) is 36.7 Å². The second-order valence-electron chi connectivity index (χ2n) is 4.77. The van der Waals surface area contributed by atoms with Crippen molar-refractivity contribution in [3.05, 3.63) is 47.8 Å². The molecule has 0 bridgehead atoms. The van der Waals surface area contributed by atoms with E-state index in [1.807, 2.05) is 31.2 Å². The van der Waals surface area contributed by atoms with Crippen molar-refractivity contribution in [3.63, 3.8) is 0 Å². The van der Waals surface area contributed by atoms with Crippen LogP contribution < -0.4 is 4.74 Å². The lowest BCUT2D eigenvalue weighted by Gasteiger charge is -2.16. The predicted molar refractivity (Wildman–Crippen MR) is 76.4 cm³/mol. The molecule has 0 aliphatic rings. The zero-order chi connectivity index (χ0) is 14.4. The Kier molecular flexibility index (Phi) is 4.76. The minimum Gasteiger partial charge on any atom is -0.493 e. The molecule has 1 heterocycles. The Labute approximate surface area is 118 Å². The molecular weight excluding hydrogens is 254 g/mol. The van der Waals surface area contributed by atoms with E-state index in [4.69, 9.17) is 4.74 Å². The average molecular weight is 273 g/mol. The minimum absolute atomic E-state index is 0.0545. The number of nitrogens with zero attached hydrogens (tertiary/aromatic N) is 2. The van der Waals surface area contributed by atoms with Gasteiger partial charge in [-0.3, -0.25) is 9.89 Å². The van der Waals surface area contributed by atoms with E-state index >= 15 is 0 Å². The van der Waals surface area contributed by atoms with Crippen molar-refractivity contribution in [2.75, 3.05) is 13.7 Å². The highest BCUT2D eigenvalue weighted by Gasteiger charge is 2.09. The van der Waals surface area contributed by atoms with Gasteiger partial charge in [0.05, 0.1) is 19.2 Å². The fourth-order valence-corrected chi connectivity index (χ4v) is 1.88. The van der Waals surface area contributed by atoms with Gasteiger partial charge in [0.1, 0.15) is 5.75 Å². The van der Waals surface area contributed by atoms with Gasteiger partial charge in [0, 0.05) is 25.4 Å². The summed E-state index contributed by atoms with van der Waals surface area (Å²) in [5.41, 5.74) is 2.13. The molecule has 1 amide bonds. The zero-order valence-corrected chi connectivity index (χ0v) is 11.8. The number of carbonyl (C=O) groups is 1. The van der Waals surface area contributed by atoms with Crippen molar-refractivity contribution in [1.29, 1.82) is 0 Å². The molecule has 5 nitrogen and oxygen atoms in total. The van der Waals surface area contributed by atoms with Crippen LogP contribution in [0.1, 0.15) is 17.5 Å². The number of benzene rings is 1. The lowest BCUT2D eigenvalue weighted by Crippen LogP contribution is -2.27. The van der Waals surface area contributed by atoms with Crippen LogP contribution in [-0.4, -0.2) is 34.7 Å². The Bertz CT molecular complexity index is 552. The van der Waals surface area contributed by atoms with Gasteiger partial charge >= 0.3 is 0 Å². The van der Waals surface area contributed by atoms with Crippen molar-refractivity contribution in [2.45, 2.75) is 19.9 Å². The smallest absolute Gasteiger partial charge is 0.226 e. The normalized spacial score (nSPS) is 10.3. The number of aromatic nitrogens is 2. The highest BCUT2D eigenvalue weighted by atomic mass is 16.5. The summed E-state index contributed by atoms with van der Waals surface area (Å²) in [4.78, 5) is 13.6. The van der Waals surface area contributed by atoms with Gasteiger partial charge < -0.3 is 9.64 Å². The van der Waals surface area contributed by atoms with E-state index in [9.17, 15) is 4.79 Å². The summed E-state index contributed by atoms with van der Waals surface area (Å²) in [6, 6.07) is 7.81. The molecule has 0 unspecified atom stereocenters. The monoisotopic (exact) mass is 273 g/mol. The van der Waals surface area contributed by atoms with Crippen molar-refractivity contribution in [1.82, 2.24) is 15.1 Å². The number of H-pyrrole nitrogens is 1. The first-order chi connectivity index (χ1) is 9.65. The van der Waals surface area contributed by atoms with E-state index in [0.717, 1.165) is 16.9 Å². The molecule has 1 aromatic carbocycles. The molecule has 0 fully saturated rings. The number of amides is 1. The van der Waals surface area contributed by atoms with Crippen LogP contribution in [0, 0.1) is 6.92 Å². The minimum atomic E-state index is 0.0545. The van der Waals surface area contributed by atoms with E-state index in [1.165, 1.54) is 0 Å². The molecule has 0 saturated heterocycles. The van der Waals surface area contributed by atoms with Gasteiger partial charge in [-0.1, -0.05) is 12.1 Å². The molecule has 106 valence electrons. The number of hydrogen-bond donors (Lipinski definition) is 1. The first-order valence-corrected chi connectivity index (χ1v) is 6.56. The van der Waals surface area contributed by atoms with Gasteiger partial charge in [-0.15, -0.1) is 0 Å². The van der Waals surface area contributed by atoms with Crippen LogP contribution in [0.5, 0.6) is 5.75 Å². The molecule has 0 spiro atoms. The van der Waals surface area contributed by atoms with Gasteiger partial charge in [0.2, 0.25) is 5.91 Å². The number of rotatable bonds is 6. The molecule has 0 radical (unpaired) electrons. The van der Waals surface area contributed by atoms with Crippen LogP contribution in [-0.2, 0) is 11.3 Å². The second-order valence-corrected chi connectivity index (χ2v) is 4.77. The zero-order valence-electron chi connectivity index (χ0n) is 11.8. The van der Waals surface area contributed by atoms with E-state index in [1.54, 1.807) is 24.3 Å². The Morgan fingerprint density at radius 3 is 3.00 bits per heavy atom. The van der Waals surface area contributed by atoms with Gasteiger partial charge in [-0.25, -0.2) is 0 Å². The van der Waals surface area contributed by atoms with Crippen molar-refractivity contribution in [3.8, 4) is 5.75 Å². The molecular formula is C15H19N3O2. The van der Waals surface area contributed by atoms with Crippen LogP contribution in [0.2, 0.25) is 0 Å². The van der Waals surface area contributed by atoms with Crippen LogP contribution in [0.25, 0.3) is 0 Å². The Morgan fingerprint density at radius 2 is 2.30 bits per heavy atom. The first kappa shape index (κ1) is 14.1. The molecule has 5 heteroatoms. The summed E-state index contributed by atoms with van der Waals surface area (Å²) < 4.78 is 5.58. The van der Waals surface area contributed by atoms with Crippen LogP contribution in [0.4, 0.5) is 0 Å². The van der Waals surface area contributed by atoms with E-state index in [2.05, 4.69) is 10.2 Å². The van der Waals surface area contributed by atoms with Crippen molar-refractivity contribution >= 4 is 5.91 Å². The maximum atomic E-state index is 11.9. The summed E-state index contributed by atoms with van der Waals surface area (Å²) in [6.45, 7) is 2.95. The number of ether oxygens (including phenoxy) is 1. The number of nitrogens with one attached hydrogen (secondary N) is 1. The Hall–Kier alpha value is -2.30. The van der Waals surface area contributed by atoms with Crippen LogP contribution >= 0.6 is 0 Å². The van der Waals surface area contributed by atoms with Crippen molar-refractivity contribution < 1.29 is 9.53 Å². The summed E-state index contributed by atoms with van der Waals surface area (Å²) in [5.74, 6) is 0.856. The standard InChI is InChI=1S/C15H19N3O2/c1-12-4-3-5-14(8-12)20-7-6-15(19)18(2)11-13-9-16-17-10-13/h3-5,8-10H,6-7,11H2,1-2H3,(H,16,17). The molecule has 1 aromatic heterocycles. The van der Waals surface area contributed by atoms with Gasteiger partial charge in [0.25, 0.3) is 0 Å². The first-order valence-electron chi connectivity index (χ1n) is 6.56. The Morgan fingerprint density at radius 1 is 1.45 bits per heavy atom. The molecule has 2 rings (SSSR count). The molecule has 20 heavy (non-hydrogen) atoms. The molecule has 0 aliphatic carbocycles. The molecule has 2 aromatic rings. The molecule has 0 atom stereocenters. The fourth-order valence-electron chi connectivity index (χ4n) is 1.88. The van der Waals surface area contributed by atoms with Gasteiger partial charge in [-0.05, 0) is 24.6 Å². The highest BCUT2D eigenvalue weighted by molar-refractivity contribution is 5.75. The average Bonchev–Trinajstić information content (AvgIpc) is 2.91. The molecule has 1 N–H and O–H groups in total. The van der Waals surface area contributed by atoms with E-state index < -0.39 is 0 Å². The summed E-state index contributed by atoms with van der Waals surface area (Å²) >= 11 is 0. The van der Waals surface area contributed by atoms with Crippen LogP contribution in [0.3, 0.4) is 0 Å². The van der Waals surface area contributed by atoms with Gasteiger partial charge in [-0.2, -0.15) is 5.10 Å². The third-order valence-electron chi connectivity index (χ3n) is 2.97. The highest BCUT2D eigenvalue weighted by Crippen LogP contribution is 2.12. The maximum absolute atomic E-state index is 11.9. The van der Waals surface area contributed by atoms with Crippen molar-refractivity contribution in [2.24, 2.45) is 0 Å².